The SMILES string of the molecule is CC1=CCN(c2ccc(OCc3cccc(Cl)c3)nn2)N1. The maximum atomic E-state index is 5.93. The molecule has 0 spiro atoms. The van der Waals surface area contributed by atoms with E-state index in [4.69, 9.17) is 16.3 Å². The van der Waals surface area contributed by atoms with Crippen molar-refractivity contribution in [1.82, 2.24) is 15.6 Å². The highest BCUT2D eigenvalue weighted by molar-refractivity contribution is 6.30. The van der Waals surface area contributed by atoms with Gasteiger partial charge in [0.05, 0.1) is 6.54 Å². The number of hydrazine groups is 1. The normalized spacial score (nSPS) is 13.8. The maximum Gasteiger partial charge on any atom is 0.233 e. The van der Waals surface area contributed by atoms with Crippen molar-refractivity contribution in [1.29, 1.82) is 0 Å². The molecular weight excluding hydrogens is 288 g/mol. The van der Waals surface area contributed by atoms with Gasteiger partial charge >= 0.3 is 0 Å². The predicted octanol–water partition coefficient (Wildman–Crippen LogP) is 2.94. The summed E-state index contributed by atoms with van der Waals surface area (Å²) in [5, 5.41) is 10.8. The summed E-state index contributed by atoms with van der Waals surface area (Å²) >= 11 is 5.93. The molecule has 2 aromatic rings. The van der Waals surface area contributed by atoms with Crippen LogP contribution >= 0.6 is 11.6 Å². The van der Waals surface area contributed by atoms with Gasteiger partial charge < -0.3 is 10.2 Å². The van der Waals surface area contributed by atoms with E-state index in [-0.39, 0.29) is 0 Å². The van der Waals surface area contributed by atoms with Crippen molar-refractivity contribution in [3.8, 4) is 5.88 Å². The van der Waals surface area contributed by atoms with Gasteiger partial charge in [0.25, 0.3) is 0 Å². The minimum Gasteiger partial charge on any atom is -0.472 e. The van der Waals surface area contributed by atoms with E-state index in [1.54, 1.807) is 0 Å². The number of rotatable bonds is 4. The number of allylic oxidation sites excluding steroid dienone is 1. The Hall–Kier alpha value is -2.27. The number of ether oxygens (including phenoxy) is 1. The molecule has 1 aliphatic rings. The lowest BCUT2D eigenvalue weighted by Crippen LogP contribution is -2.32. The quantitative estimate of drug-likeness (QED) is 0.941. The predicted molar refractivity (Wildman–Crippen MR) is 82.1 cm³/mol. The minimum atomic E-state index is 0.414. The van der Waals surface area contributed by atoms with Crippen LogP contribution < -0.4 is 15.2 Å². The first kappa shape index (κ1) is 13.7. The van der Waals surface area contributed by atoms with Crippen LogP contribution in [0.4, 0.5) is 5.82 Å². The number of aromatic nitrogens is 2. The Kier molecular flexibility index (Phi) is 3.92. The van der Waals surface area contributed by atoms with Crippen molar-refractivity contribution in [3.63, 3.8) is 0 Å². The second-order valence-corrected chi connectivity index (χ2v) is 5.19. The van der Waals surface area contributed by atoms with Crippen LogP contribution in [-0.4, -0.2) is 16.7 Å². The summed E-state index contributed by atoms with van der Waals surface area (Å²) in [5.74, 6) is 1.25. The number of hydrogen-bond acceptors (Lipinski definition) is 5. The van der Waals surface area contributed by atoms with Gasteiger partial charge in [0.2, 0.25) is 5.88 Å². The standard InChI is InChI=1S/C15H15ClN4O/c1-11-7-8-20(19-11)14-5-6-15(18-17-14)21-10-12-3-2-4-13(16)9-12/h2-7,9,19H,8,10H2,1H3. The van der Waals surface area contributed by atoms with E-state index in [1.165, 1.54) is 0 Å². The molecule has 108 valence electrons. The van der Waals surface area contributed by atoms with Gasteiger partial charge in [-0.1, -0.05) is 23.7 Å². The number of benzene rings is 1. The van der Waals surface area contributed by atoms with E-state index in [0.717, 1.165) is 23.6 Å². The molecule has 0 amide bonds. The molecule has 0 unspecified atom stereocenters. The van der Waals surface area contributed by atoms with Crippen LogP contribution in [-0.2, 0) is 6.61 Å². The van der Waals surface area contributed by atoms with Gasteiger partial charge in [-0.05, 0) is 36.8 Å². The second kappa shape index (κ2) is 6.01. The summed E-state index contributed by atoms with van der Waals surface area (Å²) in [6.07, 6.45) is 2.09. The molecular formula is C15H15ClN4O. The maximum absolute atomic E-state index is 5.93. The Morgan fingerprint density at radius 3 is 2.86 bits per heavy atom. The molecule has 1 aromatic heterocycles. The third-order valence-corrected chi connectivity index (χ3v) is 3.30. The average Bonchev–Trinajstić information content (AvgIpc) is 2.92. The first-order valence-electron chi connectivity index (χ1n) is 6.62. The Bertz CT molecular complexity index is 657. The Morgan fingerprint density at radius 1 is 1.29 bits per heavy atom. The Balaban J connectivity index is 1.60. The summed E-state index contributed by atoms with van der Waals surface area (Å²) < 4.78 is 5.60. The largest absolute Gasteiger partial charge is 0.472 e. The Labute approximate surface area is 128 Å². The second-order valence-electron chi connectivity index (χ2n) is 4.76. The van der Waals surface area contributed by atoms with Gasteiger partial charge in [-0.25, -0.2) is 0 Å². The fourth-order valence-electron chi connectivity index (χ4n) is 2.00. The van der Waals surface area contributed by atoms with Crippen molar-refractivity contribution < 1.29 is 4.74 Å². The molecule has 6 heteroatoms. The monoisotopic (exact) mass is 302 g/mol. The van der Waals surface area contributed by atoms with E-state index in [9.17, 15) is 0 Å². The van der Waals surface area contributed by atoms with Gasteiger partial charge in [0.15, 0.2) is 5.82 Å². The molecule has 1 aliphatic heterocycles. The number of hydrogen-bond donors (Lipinski definition) is 1. The van der Waals surface area contributed by atoms with Gasteiger partial charge in [0.1, 0.15) is 6.61 Å². The zero-order valence-electron chi connectivity index (χ0n) is 11.6. The van der Waals surface area contributed by atoms with E-state index in [2.05, 4.69) is 21.7 Å². The summed E-state index contributed by atoms with van der Waals surface area (Å²) in [6.45, 7) is 3.20. The molecule has 0 saturated carbocycles. The smallest absolute Gasteiger partial charge is 0.233 e. The molecule has 2 heterocycles. The number of halogens is 1. The van der Waals surface area contributed by atoms with Crippen LogP contribution in [0, 0.1) is 0 Å². The zero-order chi connectivity index (χ0) is 14.7. The van der Waals surface area contributed by atoms with Crippen LogP contribution in [0.5, 0.6) is 5.88 Å². The summed E-state index contributed by atoms with van der Waals surface area (Å²) in [5.41, 5.74) is 5.29. The topological polar surface area (TPSA) is 50.3 Å². The van der Waals surface area contributed by atoms with Crippen molar-refractivity contribution in [3.05, 3.63) is 58.8 Å². The molecule has 3 rings (SSSR count). The lowest BCUT2D eigenvalue weighted by molar-refractivity contribution is 0.290. The van der Waals surface area contributed by atoms with Crippen molar-refractivity contribution in [2.24, 2.45) is 0 Å². The summed E-state index contributed by atoms with van der Waals surface area (Å²) in [6, 6.07) is 11.2. The van der Waals surface area contributed by atoms with Crippen LogP contribution in [0.1, 0.15) is 12.5 Å². The third kappa shape index (κ3) is 3.44. The molecule has 1 N–H and O–H groups in total. The highest BCUT2D eigenvalue weighted by atomic mass is 35.5. The van der Waals surface area contributed by atoms with Gasteiger partial charge in [0, 0.05) is 16.8 Å². The number of anilines is 1. The van der Waals surface area contributed by atoms with Crippen LogP contribution in [0.15, 0.2) is 48.2 Å². The van der Waals surface area contributed by atoms with Gasteiger partial charge in [-0.3, -0.25) is 5.01 Å². The van der Waals surface area contributed by atoms with E-state index < -0.39 is 0 Å². The molecule has 5 nitrogen and oxygen atoms in total. The molecule has 0 atom stereocenters. The number of nitrogens with one attached hydrogen (secondary N) is 1. The first-order chi connectivity index (χ1) is 10.2. The van der Waals surface area contributed by atoms with Crippen LogP contribution in [0.25, 0.3) is 0 Å². The van der Waals surface area contributed by atoms with Crippen LogP contribution in [0.3, 0.4) is 0 Å². The molecule has 0 radical (unpaired) electrons. The summed E-state index contributed by atoms with van der Waals surface area (Å²) in [7, 11) is 0. The zero-order valence-corrected chi connectivity index (χ0v) is 12.3. The van der Waals surface area contributed by atoms with E-state index in [1.807, 2.05) is 48.3 Å². The molecule has 1 aromatic carbocycles. The van der Waals surface area contributed by atoms with E-state index in [0.29, 0.717) is 17.5 Å². The summed E-state index contributed by atoms with van der Waals surface area (Å²) in [4.78, 5) is 0. The molecule has 0 bridgehead atoms. The fraction of sp³-hybridized carbons (Fsp3) is 0.200. The van der Waals surface area contributed by atoms with Gasteiger partial charge in [-0.15, -0.1) is 10.2 Å². The fourth-order valence-corrected chi connectivity index (χ4v) is 2.21. The van der Waals surface area contributed by atoms with Crippen molar-refractivity contribution >= 4 is 17.4 Å². The van der Waals surface area contributed by atoms with Crippen molar-refractivity contribution in [2.75, 3.05) is 11.6 Å². The minimum absolute atomic E-state index is 0.414. The molecule has 21 heavy (non-hydrogen) atoms. The molecule has 0 fully saturated rings. The average molecular weight is 303 g/mol. The lowest BCUT2D eigenvalue weighted by atomic mass is 10.2. The highest BCUT2D eigenvalue weighted by Gasteiger charge is 2.12. The van der Waals surface area contributed by atoms with Crippen LogP contribution in [0.2, 0.25) is 5.02 Å². The van der Waals surface area contributed by atoms with Crippen molar-refractivity contribution in [2.45, 2.75) is 13.5 Å². The Morgan fingerprint density at radius 2 is 2.19 bits per heavy atom. The molecule has 0 saturated heterocycles. The number of nitrogens with zero attached hydrogens (tertiary/aromatic N) is 3. The lowest BCUT2D eigenvalue weighted by Gasteiger charge is -2.17. The molecule has 0 aliphatic carbocycles. The van der Waals surface area contributed by atoms with E-state index >= 15 is 0 Å². The first-order valence-corrected chi connectivity index (χ1v) is 7.00. The highest BCUT2D eigenvalue weighted by Crippen LogP contribution is 2.17. The van der Waals surface area contributed by atoms with Gasteiger partial charge in [-0.2, -0.15) is 0 Å². The third-order valence-electron chi connectivity index (χ3n) is 3.07.